The normalized spacial score (nSPS) is 17.5. The summed E-state index contributed by atoms with van der Waals surface area (Å²) < 4.78 is 27.7. The van der Waals surface area contributed by atoms with Crippen LogP contribution in [-0.2, 0) is 10.0 Å². The Morgan fingerprint density at radius 3 is 2.27 bits per heavy atom. The van der Waals surface area contributed by atoms with Gasteiger partial charge in [0.15, 0.2) is 0 Å². The molecule has 0 spiro atoms. The fraction of sp³-hybridized carbons (Fsp3) is 0.333. The quantitative estimate of drug-likeness (QED) is 0.639. The van der Waals surface area contributed by atoms with Crippen molar-refractivity contribution in [1.82, 2.24) is 14.2 Å². The van der Waals surface area contributed by atoms with E-state index in [1.807, 2.05) is 42.5 Å². The summed E-state index contributed by atoms with van der Waals surface area (Å²) >= 11 is 0. The van der Waals surface area contributed by atoms with Crippen molar-refractivity contribution in [3.63, 3.8) is 0 Å². The van der Waals surface area contributed by atoms with Crippen molar-refractivity contribution in [3.8, 4) is 0 Å². The van der Waals surface area contributed by atoms with Crippen LogP contribution in [0.4, 0.5) is 16.3 Å². The number of hydrogen-bond acceptors (Lipinski definition) is 5. The van der Waals surface area contributed by atoms with Gasteiger partial charge in [-0.05, 0) is 47.9 Å². The molecule has 8 nitrogen and oxygen atoms in total. The van der Waals surface area contributed by atoms with E-state index in [4.69, 9.17) is 0 Å². The van der Waals surface area contributed by atoms with Crippen LogP contribution in [-0.4, -0.2) is 67.9 Å². The highest BCUT2D eigenvalue weighted by molar-refractivity contribution is 7.89. The number of rotatable bonds is 4. The highest BCUT2D eigenvalue weighted by atomic mass is 32.2. The molecule has 9 heteroatoms. The zero-order valence-electron chi connectivity index (χ0n) is 18.4. The van der Waals surface area contributed by atoms with E-state index in [1.54, 1.807) is 23.2 Å². The van der Waals surface area contributed by atoms with E-state index in [1.165, 1.54) is 17.1 Å². The van der Waals surface area contributed by atoms with Gasteiger partial charge in [-0.3, -0.25) is 0 Å². The Hall–Kier alpha value is -3.17. The van der Waals surface area contributed by atoms with Gasteiger partial charge in [-0.1, -0.05) is 30.3 Å². The Bertz CT molecular complexity index is 1250. The number of urea groups is 1. The van der Waals surface area contributed by atoms with Crippen LogP contribution < -0.4 is 10.2 Å². The molecular weight excluding hydrogens is 438 g/mol. The van der Waals surface area contributed by atoms with Crippen molar-refractivity contribution in [1.29, 1.82) is 0 Å². The highest BCUT2D eigenvalue weighted by Gasteiger charge is 2.30. The van der Waals surface area contributed by atoms with Crippen LogP contribution in [0.1, 0.15) is 12.8 Å². The summed E-state index contributed by atoms with van der Waals surface area (Å²) in [7, 11) is -3.61. The van der Waals surface area contributed by atoms with Crippen LogP contribution in [0, 0.1) is 0 Å². The van der Waals surface area contributed by atoms with Crippen LogP contribution in [0.3, 0.4) is 0 Å². The van der Waals surface area contributed by atoms with E-state index in [0.717, 1.165) is 29.7 Å². The second kappa shape index (κ2) is 8.99. The zero-order chi connectivity index (χ0) is 22.8. The number of nitrogens with zero attached hydrogens (tertiary/aromatic N) is 4. The Kier molecular flexibility index (Phi) is 5.90. The number of carbonyl (C=O) groups is 1. The van der Waals surface area contributed by atoms with Gasteiger partial charge in [-0.2, -0.15) is 4.31 Å². The summed E-state index contributed by atoms with van der Waals surface area (Å²) in [4.78, 5) is 21.3. The van der Waals surface area contributed by atoms with Crippen molar-refractivity contribution in [2.75, 3.05) is 49.5 Å². The molecule has 2 amide bonds. The van der Waals surface area contributed by atoms with Crippen LogP contribution in [0.25, 0.3) is 10.8 Å². The number of pyridine rings is 1. The zero-order valence-corrected chi connectivity index (χ0v) is 19.2. The minimum absolute atomic E-state index is 0.242. The topological polar surface area (TPSA) is 85.8 Å². The largest absolute Gasteiger partial charge is 0.357 e. The molecule has 0 radical (unpaired) electrons. The van der Waals surface area contributed by atoms with Crippen LogP contribution >= 0.6 is 0 Å². The van der Waals surface area contributed by atoms with Gasteiger partial charge in [0, 0.05) is 39.3 Å². The average molecular weight is 466 g/mol. The Morgan fingerprint density at radius 1 is 0.848 bits per heavy atom. The molecule has 3 aromatic rings. The number of amides is 2. The van der Waals surface area contributed by atoms with E-state index in [2.05, 4.69) is 15.2 Å². The predicted molar refractivity (Wildman–Crippen MR) is 129 cm³/mol. The molecule has 172 valence electrons. The number of hydrogen-bond donors (Lipinski definition) is 1. The molecule has 2 saturated heterocycles. The minimum Gasteiger partial charge on any atom is -0.357 e. The third-order valence-electron chi connectivity index (χ3n) is 6.31. The summed E-state index contributed by atoms with van der Waals surface area (Å²) in [6.07, 6.45) is 4.04. The SMILES string of the molecule is O=C(Nc1ccc(N2CCCC2)nc1)N1CCN(S(=O)(=O)c2ccc3ccccc3c2)CC1. The molecule has 2 fully saturated rings. The van der Waals surface area contributed by atoms with Crippen LogP contribution in [0.2, 0.25) is 0 Å². The lowest BCUT2D eigenvalue weighted by Crippen LogP contribution is -2.51. The summed E-state index contributed by atoms with van der Waals surface area (Å²) in [5.74, 6) is 0.929. The van der Waals surface area contributed by atoms with Gasteiger partial charge >= 0.3 is 6.03 Å². The van der Waals surface area contributed by atoms with Gasteiger partial charge in [0.25, 0.3) is 0 Å². The summed E-state index contributed by atoms with van der Waals surface area (Å²) in [5.41, 5.74) is 0.633. The van der Waals surface area contributed by atoms with E-state index in [0.29, 0.717) is 18.8 Å². The van der Waals surface area contributed by atoms with Gasteiger partial charge < -0.3 is 15.1 Å². The van der Waals surface area contributed by atoms with Crippen molar-refractivity contribution in [2.24, 2.45) is 0 Å². The molecule has 1 aromatic heterocycles. The summed E-state index contributed by atoms with van der Waals surface area (Å²) in [5, 5.41) is 4.76. The molecule has 3 heterocycles. The number of carbonyl (C=O) groups excluding carboxylic acids is 1. The van der Waals surface area contributed by atoms with E-state index >= 15 is 0 Å². The fourth-order valence-electron chi connectivity index (χ4n) is 4.40. The van der Waals surface area contributed by atoms with E-state index in [9.17, 15) is 13.2 Å². The third kappa shape index (κ3) is 4.51. The lowest BCUT2D eigenvalue weighted by Gasteiger charge is -2.34. The number of piperazine rings is 1. The smallest absolute Gasteiger partial charge is 0.321 e. The summed E-state index contributed by atoms with van der Waals surface area (Å²) in [6, 6.07) is 16.4. The molecule has 2 aliphatic rings. The van der Waals surface area contributed by atoms with Crippen LogP contribution in [0.5, 0.6) is 0 Å². The molecule has 2 aliphatic heterocycles. The second-order valence-electron chi connectivity index (χ2n) is 8.43. The lowest BCUT2D eigenvalue weighted by molar-refractivity contribution is 0.184. The highest BCUT2D eigenvalue weighted by Crippen LogP contribution is 2.23. The number of sulfonamides is 1. The summed E-state index contributed by atoms with van der Waals surface area (Å²) in [6.45, 7) is 3.22. The van der Waals surface area contributed by atoms with Gasteiger partial charge in [-0.15, -0.1) is 0 Å². The number of aromatic nitrogens is 1. The Labute approximate surface area is 193 Å². The molecule has 0 aliphatic carbocycles. The molecule has 33 heavy (non-hydrogen) atoms. The standard InChI is InChI=1S/C24H27N5O3S/c30-24(26-21-8-10-23(25-18-21)27-11-3-4-12-27)28-13-15-29(16-14-28)33(31,32)22-9-7-19-5-1-2-6-20(19)17-22/h1-2,5-10,17-18H,3-4,11-16H2,(H,26,30). The molecule has 0 atom stereocenters. The van der Waals surface area contributed by atoms with Crippen molar-refractivity contribution < 1.29 is 13.2 Å². The van der Waals surface area contributed by atoms with Crippen molar-refractivity contribution in [2.45, 2.75) is 17.7 Å². The number of fused-ring (bicyclic) bond motifs is 1. The maximum Gasteiger partial charge on any atom is 0.321 e. The molecule has 0 bridgehead atoms. The average Bonchev–Trinajstić information content (AvgIpc) is 3.39. The van der Waals surface area contributed by atoms with Crippen LogP contribution in [0.15, 0.2) is 65.7 Å². The second-order valence-corrected chi connectivity index (χ2v) is 10.4. The van der Waals surface area contributed by atoms with Gasteiger partial charge in [0.1, 0.15) is 5.82 Å². The number of benzene rings is 2. The Morgan fingerprint density at radius 2 is 1.58 bits per heavy atom. The number of nitrogens with one attached hydrogen (secondary N) is 1. The molecule has 0 unspecified atom stereocenters. The maximum atomic E-state index is 13.1. The molecule has 5 rings (SSSR count). The molecule has 2 aromatic carbocycles. The first-order valence-electron chi connectivity index (χ1n) is 11.3. The molecular formula is C24H27N5O3S. The van der Waals surface area contributed by atoms with Crippen molar-refractivity contribution in [3.05, 3.63) is 60.8 Å². The lowest BCUT2D eigenvalue weighted by atomic mass is 10.1. The van der Waals surface area contributed by atoms with E-state index < -0.39 is 10.0 Å². The first kappa shape index (κ1) is 21.7. The van der Waals surface area contributed by atoms with Crippen molar-refractivity contribution >= 4 is 38.3 Å². The maximum absolute atomic E-state index is 13.1. The Balaban J connectivity index is 1.19. The third-order valence-corrected chi connectivity index (χ3v) is 8.21. The van der Waals surface area contributed by atoms with Gasteiger partial charge in [0.05, 0.1) is 16.8 Å². The fourth-order valence-corrected chi connectivity index (χ4v) is 5.86. The number of anilines is 2. The molecule has 0 saturated carbocycles. The predicted octanol–water partition coefficient (Wildman–Crippen LogP) is 3.37. The first-order valence-corrected chi connectivity index (χ1v) is 12.7. The van der Waals surface area contributed by atoms with Gasteiger partial charge in [-0.25, -0.2) is 18.2 Å². The monoisotopic (exact) mass is 465 g/mol. The minimum atomic E-state index is -3.61. The van der Waals surface area contributed by atoms with E-state index in [-0.39, 0.29) is 24.0 Å². The van der Waals surface area contributed by atoms with Gasteiger partial charge in [0.2, 0.25) is 10.0 Å². The first-order chi connectivity index (χ1) is 16.0. The molecule has 1 N–H and O–H groups in total.